The van der Waals surface area contributed by atoms with Gasteiger partial charge in [0.2, 0.25) is 5.88 Å². The van der Waals surface area contributed by atoms with Gasteiger partial charge in [-0.15, -0.1) is 0 Å². The molecular weight excluding hydrogens is 200 g/mol. The summed E-state index contributed by atoms with van der Waals surface area (Å²) in [6.45, 7) is 1.96. The molecule has 1 atom stereocenters. The average Bonchev–Trinajstić information content (AvgIpc) is 2.31. The molecule has 2 N–H and O–H groups in total. The van der Waals surface area contributed by atoms with Crippen molar-refractivity contribution in [2.45, 2.75) is 51.2 Å². The standard InChI is InChI=1S/C13H20N2O/c1-10(14)11-7-8-13(15-9-11)16-12-5-3-2-4-6-12/h7-10,12H,2-6,14H2,1H3/t10-/m0/s1. The van der Waals surface area contributed by atoms with Crippen LogP contribution in [0.15, 0.2) is 18.3 Å². The van der Waals surface area contributed by atoms with Crippen LogP contribution in [0.2, 0.25) is 0 Å². The molecule has 0 amide bonds. The van der Waals surface area contributed by atoms with E-state index in [0.29, 0.717) is 6.10 Å². The summed E-state index contributed by atoms with van der Waals surface area (Å²) in [5.74, 6) is 0.733. The van der Waals surface area contributed by atoms with E-state index in [9.17, 15) is 0 Å². The zero-order valence-corrected chi connectivity index (χ0v) is 9.86. The first-order chi connectivity index (χ1) is 7.75. The van der Waals surface area contributed by atoms with Gasteiger partial charge in [0.15, 0.2) is 0 Å². The summed E-state index contributed by atoms with van der Waals surface area (Å²) in [4.78, 5) is 4.29. The van der Waals surface area contributed by atoms with Crippen molar-refractivity contribution in [3.8, 4) is 5.88 Å². The highest BCUT2D eigenvalue weighted by Crippen LogP contribution is 2.22. The number of rotatable bonds is 3. The maximum absolute atomic E-state index is 5.84. The van der Waals surface area contributed by atoms with Crippen LogP contribution in [0.1, 0.15) is 50.6 Å². The second kappa shape index (κ2) is 5.30. The average molecular weight is 220 g/mol. The van der Waals surface area contributed by atoms with Crippen LogP contribution in [-0.2, 0) is 0 Å². The molecule has 88 valence electrons. The first kappa shape index (κ1) is 11.4. The Kier molecular flexibility index (Phi) is 3.78. The van der Waals surface area contributed by atoms with Gasteiger partial charge in [0.25, 0.3) is 0 Å². The van der Waals surface area contributed by atoms with E-state index in [1.165, 1.54) is 19.3 Å². The lowest BCUT2D eigenvalue weighted by Gasteiger charge is -2.22. The smallest absolute Gasteiger partial charge is 0.213 e. The SMILES string of the molecule is C[C@H](N)c1ccc(OC2CCCCC2)nc1. The molecule has 0 aliphatic heterocycles. The minimum absolute atomic E-state index is 0.0382. The lowest BCUT2D eigenvalue weighted by molar-refractivity contribution is 0.148. The Labute approximate surface area is 97.0 Å². The molecule has 3 heteroatoms. The molecule has 1 fully saturated rings. The molecule has 0 aromatic carbocycles. The van der Waals surface area contributed by atoms with Crippen molar-refractivity contribution in [3.05, 3.63) is 23.9 Å². The second-order valence-corrected chi connectivity index (χ2v) is 4.60. The summed E-state index contributed by atoms with van der Waals surface area (Å²) in [5.41, 5.74) is 6.82. The number of hydrogen-bond donors (Lipinski definition) is 1. The summed E-state index contributed by atoms with van der Waals surface area (Å²) >= 11 is 0. The molecule has 1 heterocycles. The van der Waals surface area contributed by atoms with Gasteiger partial charge in [-0.25, -0.2) is 4.98 Å². The summed E-state index contributed by atoms with van der Waals surface area (Å²) in [5, 5.41) is 0. The van der Waals surface area contributed by atoms with Crippen LogP contribution in [0.3, 0.4) is 0 Å². The fraction of sp³-hybridized carbons (Fsp3) is 0.615. The van der Waals surface area contributed by atoms with Crippen molar-refractivity contribution in [2.24, 2.45) is 5.73 Å². The van der Waals surface area contributed by atoms with Gasteiger partial charge in [-0.3, -0.25) is 0 Å². The molecule has 0 saturated heterocycles. The lowest BCUT2D eigenvalue weighted by atomic mass is 9.98. The number of nitrogens with two attached hydrogens (primary N) is 1. The Morgan fingerprint density at radius 2 is 2.06 bits per heavy atom. The van der Waals surface area contributed by atoms with Gasteiger partial charge in [-0.1, -0.05) is 12.5 Å². The fourth-order valence-electron chi connectivity index (χ4n) is 2.08. The Morgan fingerprint density at radius 3 is 2.62 bits per heavy atom. The monoisotopic (exact) mass is 220 g/mol. The molecule has 3 nitrogen and oxygen atoms in total. The quantitative estimate of drug-likeness (QED) is 0.852. The van der Waals surface area contributed by atoms with Gasteiger partial charge in [-0.05, 0) is 38.2 Å². The highest BCUT2D eigenvalue weighted by molar-refractivity contribution is 5.20. The normalized spacial score (nSPS) is 19.4. The number of pyridine rings is 1. The highest BCUT2D eigenvalue weighted by Gasteiger charge is 2.15. The summed E-state index contributed by atoms with van der Waals surface area (Å²) < 4.78 is 5.84. The van der Waals surface area contributed by atoms with Gasteiger partial charge in [-0.2, -0.15) is 0 Å². The number of aromatic nitrogens is 1. The molecule has 1 aromatic heterocycles. The molecular formula is C13H20N2O. The Morgan fingerprint density at radius 1 is 1.31 bits per heavy atom. The van der Waals surface area contributed by atoms with Crippen molar-refractivity contribution in [1.82, 2.24) is 4.98 Å². The predicted molar refractivity (Wildman–Crippen MR) is 64.3 cm³/mol. The third kappa shape index (κ3) is 2.95. The van der Waals surface area contributed by atoms with Crippen molar-refractivity contribution in [2.75, 3.05) is 0 Å². The maximum Gasteiger partial charge on any atom is 0.213 e. The molecule has 0 radical (unpaired) electrons. The van der Waals surface area contributed by atoms with E-state index in [2.05, 4.69) is 4.98 Å². The minimum Gasteiger partial charge on any atom is -0.474 e. The van der Waals surface area contributed by atoms with Crippen molar-refractivity contribution in [1.29, 1.82) is 0 Å². The third-order valence-electron chi connectivity index (χ3n) is 3.12. The topological polar surface area (TPSA) is 48.1 Å². The Balaban J connectivity index is 1.93. The van der Waals surface area contributed by atoms with E-state index < -0.39 is 0 Å². The van der Waals surface area contributed by atoms with E-state index in [4.69, 9.17) is 10.5 Å². The summed E-state index contributed by atoms with van der Waals surface area (Å²) in [6.07, 6.45) is 8.40. The van der Waals surface area contributed by atoms with Crippen molar-refractivity contribution >= 4 is 0 Å². The molecule has 1 aliphatic rings. The Hall–Kier alpha value is -1.09. The van der Waals surface area contributed by atoms with Crippen LogP contribution in [0, 0.1) is 0 Å². The highest BCUT2D eigenvalue weighted by atomic mass is 16.5. The first-order valence-corrected chi connectivity index (χ1v) is 6.14. The van der Waals surface area contributed by atoms with Crippen LogP contribution in [-0.4, -0.2) is 11.1 Å². The molecule has 16 heavy (non-hydrogen) atoms. The molecule has 0 spiro atoms. The van der Waals surface area contributed by atoms with Crippen molar-refractivity contribution < 1.29 is 4.74 Å². The second-order valence-electron chi connectivity index (χ2n) is 4.60. The fourth-order valence-corrected chi connectivity index (χ4v) is 2.08. The largest absolute Gasteiger partial charge is 0.474 e. The van der Waals surface area contributed by atoms with Crippen molar-refractivity contribution in [3.63, 3.8) is 0 Å². The zero-order valence-electron chi connectivity index (χ0n) is 9.86. The number of hydrogen-bond acceptors (Lipinski definition) is 3. The third-order valence-corrected chi connectivity index (χ3v) is 3.12. The molecule has 0 unspecified atom stereocenters. The number of nitrogens with zero attached hydrogens (tertiary/aromatic N) is 1. The predicted octanol–water partition coefficient (Wildman–Crippen LogP) is 2.81. The van der Waals surface area contributed by atoms with E-state index in [0.717, 1.165) is 24.3 Å². The van der Waals surface area contributed by atoms with Gasteiger partial charge >= 0.3 is 0 Å². The first-order valence-electron chi connectivity index (χ1n) is 6.14. The van der Waals surface area contributed by atoms with E-state index >= 15 is 0 Å². The maximum atomic E-state index is 5.84. The molecule has 0 bridgehead atoms. The summed E-state index contributed by atoms with van der Waals surface area (Å²) in [6, 6.07) is 3.96. The van der Waals surface area contributed by atoms with Gasteiger partial charge in [0, 0.05) is 18.3 Å². The van der Waals surface area contributed by atoms with E-state index in [-0.39, 0.29) is 6.04 Å². The Bertz CT molecular complexity index is 315. The van der Waals surface area contributed by atoms with Crippen LogP contribution >= 0.6 is 0 Å². The molecule has 1 aromatic rings. The van der Waals surface area contributed by atoms with Gasteiger partial charge in [0.05, 0.1) is 0 Å². The van der Waals surface area contributed by atoms with Crippen LogP contribution in [0.5, 0.6) is 5.88 Å². The van der Waals surface area contributed by atoms with Gasteiger partial charge in [0.1, 0.15) is 6.10 Å². The summed E-state index contributed by atoms with van der Waals surface area (Å²) in [7, 11) is 0. The van der Waals surface area contributed by atoms with E-state index in [1.54, 1.807) is 0 Å². The molecule has 1 saturated carbocycles. The minimum atomic E-state index is 0.0382. The van der Waals surface area contributed by atoms with E-state index in [1.807, 2.05) is 25.3 Å². The zero-order chi connectivity index (χ0) is 11.4. The number of ether oxygens (including phenoxy) is 1. The lowest BCUT2D eigenvalue weighted by Crippen LogP contribution is -2.20. The van der Waals surface area contributed by atoms with Crippen LogP contribution in [0.4, 0.5) is 0 Å². The van der Waals surface area contributed by atoms with Crippen LogP contribution in [0.25, 0.3) is 0 Å². The van der Waals surface area contributed by atoms with Gasteiger partial charge < -0.3 is 10.5 Å². The molecule has 1 aliphatic carbocycles. The molecule has 2 rings (SSSR count). The van der Waals surface area contributed by atoms with Crippen LogP contribution < -0.4 is 10.5 Å².